The molecule has 0 unspecified atom stereocenters. The van der Waals surface area contributed by atoms with Gasteiger partial charge in [0.2, 0.25) is 5.95 Å². The average molecular weight is 343 g/mol. The first kappa shape index (κ1) is 15.3. The Morgan fingerprint density at radius 1 is 1.16 bits per heavy atom. The minimum atomic E-state index is 0.0660. The second-order valence-electron chi connectivity index (χ2n) is 7.17. The van der Waals surface area contributed by atoms with E-state index in [1.54, 1.807) is 12.5 Å². The van der Waals surface area contributed by atoms with E-state index in [0.717, 1.165) is 24.0 Å². The molecular weight excluding hydrogens is 320 g/mol. The average Bonchev–Trinajstić information content (AvgIpc) is 3.03. The number of rotatable bonds is 6. The predicted molar refractivity (Wildman–Crippen MR) is 89.9 cm³/mol. The summed E-state index contributed by atoms with van der Waals surface area (Å²) in [5, 5.41) is 5.80. The van der Waals surface area contributed by atoms with Crippen molar-refractivity contribution in [2.75, 3.05) is 25.1 Å². The van der Waals surface area contributed by atoms with Gasteiger partial charge in [0.25, 0.3) is 0 Å². The highest BCUT2D eigenvalue weighted by atomic mass is 16.6. The maximum Gasteiger partial charge on any atom is 0.223 e. The van der Waals surface area contributed by atoms with Crippen molar-refractivity contribution in [2.24, 2.45) is 5.92 Å². The number of furan rings is 1. The van der Waals surface area contributed by atoms with Crippen LogP contribution < -0.4 is 10.6 Å². The fourth-order valence-electron chi connectivity index (χ4n) is 3.73. The molecule has 0 radical (unpaired) electrons. The van der Waals surface area contributed by atoms with Crippen LogP contribution in [0.4, 0.5) is 5.95 Å². The molecule has 3 N–H and O–H groups in total. The fraction of sp³-hybridized carbons (Fsp3) is 0.556. The van der Waals surface area contributed by atoms with Gasteiger partial charge in [-0.1, -0.05) is 0 Å². The predicted octanol–water partition coefficient (Wildman–Crippen LogP) is 0.657. The van der Waals surface area contributed by atoms with Gasteiger partial charge in [0.1, 0.15) is 30.6 Å². The molecule has 4 heterocycles. The molecule has 0 aromatic carbocycles. The number of ether oxygens (including phenoxy) is 2. The molecule has 0 amide bonds. The molecule has 3 fully saturated rings. The molecule has 3 aliphatic rings. The lowest BCUT2D eigenvalue weighted by Gasteiger charge is -2.17. The van der Waals surface area contributed by atoms with E-state index in [2.05, 4.69) is 20.6 Å². The Labute approximate surface area is 146 Å². The van der Waals surface area contributed by atoms with E-state index in [1.165, 1.54) is 19.4 Å². The zero-order valence-electron chi connectivity index (χ0n) is 14.0. The number of aromatic nitrogens is 2. The molecule has 0 bridgehead atoms. The topological polar surface area (TPSA) is 86.0 Å². The number of anilines is 1. The van der Waals surface area contributed by atoms with Crippen molar-refractivity contribution in [3.8, 4) is 11.5 Å². The summed E-state index contributed by atoms with van der Waals surface area (Å²) in [5.41, 5.74) is 0.765. The number of nitrogens with one attached hydrogen (secondary N) is 1. The van der Waals surface area contributed by atoms with Crippen LogP contribution in [-0.2, 0) is 9.47 Å². The summed E-state index contributed by atoms with van der Waals surface area (Å²) >= 11 is 0. The SMILES string of the molecule is c1coc(-c2ccnc(N[C@H]3CO[C@H]4[C@@H]3OC[C@@H]4[NH2+]CC3CC3)n2)c1. The second kappa shape index (κ2) is 6.40. The van der Waals surface area contributed by atoms with Crippen molar-refractivity contribution in [1.29, 1.82) is 0 Å². The number of hydrogen-bond donors (Lipinski definition) is 2. The lowest BCUT2D eigenvalue weighted by molar-refractivity contribution is -0.695. The van der Waals surface area contributed by atoms with E-state index in [0.29, 0.717) is 18.6 Å². The molecular formula is C18H23N4O3+. The van der Waals surface area contributed by atoms with E-state index >= 15 is 0 Å². The molecule has 5 rings (SSSR count). The normalized spacial score (nSPS) is 31.2. The number of nitrogens with zero attached hydrogens (tertiary/aromatic N) is 2. The summed E-state index contributed by atoms with van der Waals surface area (Å²) in [6.45, 7) is 2.58. The van der Waals surface area contributed by atoms with Gasteiger partial charge in [-0.3, -0.25) is 0 Å². The highest BCUT2D eigenvalue weighted by Gasteiger charge is 2.50. The van der Waals surface area contributed by atoms with Crippen molar-refractivity contribution < 1.29 is 19.2 Å². The number of nitrogens with two attached hydrogens (primary N) is 1. The maximum absolute atomic E-state index is 6.04. The standard InChI is InChI=1S/C18H22N4O3/c1-2-15(23-7-1)12-5-6-19-18(21-12)22-14-10-25-16-13(9-24-17(14)16)20-8-11-3-4-11/h1-2,5-7,11,13-14,16-17,20H,3-4,8-10H2,(H,19,21,22)/p+1/t13-,14-,16+,17+/m0/s1. The Kier molecular flexibility index (Phi) is 3.92. The summed E-state index contributed by atoms with van der Waals surface area (Å²) in [5.74, 6) is 2.22. The Morgan fingerprint density at radius 2 is 2.08 bits per heavy atom. The van der Waals surface area contributed by atoms with Gasteiger partial charge >= 0.3 is 0 Å². The van der Waals surface area contributed by atoms with Crippen LogP contribution in [-0.4, -0.2) is 54.0 Å². The molecule has 1 aliphatic carbocycles. The summed E-state index contributed by atoms with van der Waals surface area (Å²) in [4.78, 5) is 8.88. The smallest absolute Gasteiger partial charge is 0.223 e. The third kappa shape index (κ3) is 3.15. The lowest BCUT2D eigenvalue weighted by atomic mass is 10.1. The van der Waals surface area contributed by atoms with E-state index in [4.69, 9.17) is 13.9 Å². The van der Waals surface area contributed by atoms with Gasteiger partial charge in [0.15, 0.2) is 5.76 Å². The number of fused-ring (bicyclic) bond motifs is 1. The van der Waals surface area contributed by atoms with Crippen LogP contribution in [0.1, 0.15) is 12.8 Å². The van der Waals surface area contributed by atoms with Crippen LogP contribution in [0.3, 0.4) is 0 Å². The van der Waals surface area contributed by atoms with Gasteiger partial charge in [-0.2, -0.15) is 0 Å². The molecule has 2 aromatic rings. The third-order valence-corrected chi connectivity index (χ3v) is 5.30. The molecule has 25 heavy (non-hydrogen) atoms. The number of hydrogen-bond acceptors (Lipinski definition) is 6. The Balaban J connectivity index is 1.24. The van der Waals surface area contributed by atoms with Gasteiger partial charge in [-0.25, -0.2) is 9.97 Å². The molecule has 2 aliphatic heterocycles. The second-order valence-corrected chi connectivity index (χ2v) is 7.17. The zero-order chi connectivity index (χ0) is 16.6. The summed E-state index contributed by atoms with van der Waals surface area (Å²) in [7, 11) is 0. The molecule has 2 aromatic heterocycles. The van der Waals surface area contributed by atoms with Gasteiger partial charge in [-0.15, -0.1) is 0 Å². The van der Waals surface area contributed by atoms with Crippen LogP contribution in [0.15, 0.2) is 35.1 Å². The van der Waals surface area contributed by atoms with Crippen LogP contribution >= 0.6 is 0 Å². The maximum atomic E-state index is 6.04. The summed E-state index contributed by atoms with van der Waals surface area (Å²) in [6.07, 6.45) is 6.37. The monoisotopic (exact) mass is 343 g/mol. The van der Waals surface area contributed by atoms with Crippen molar-refractivity contribution >= 4 is 5.95 Å². The van der Waals surface area contributed by atoms with Crippen LogP contribution in [0.5, 0.6) is 0 Å². The van der Waals surface area contributed by atoms with Gasteiger partial charge in [-0.05, 0) is 31.0 Å². The van der Waals surface area contributed by atoms with Crippen molar-refractivity contribution in [3.63, 3.8) is 0 Å². The minimum Gasteiger partial charge on any atom is -0.463 e. The fourth-order valence-corrected chi connectivity index (χ4v) is 3.73. The first-order chi connectivity index (χ1) is 12.4. The quantitative estimate of drug-likeness (QED) is 0.801. The van der Waals surface area contributed by atoms with Crippen molar-refractivity contribution in [3.05, 3.63) is 30.7 Å². The first-order valence-electron chi connectivity index (χ1n) is 9.07. The largest absolute Gasteiger partial charge is 0.463 e. The number of quaternary nitrogens is 1. The van der Waals surface area contributed by atoms with Crippen LogP contribution in [0, 0.1) is 5.92 Å². The van der Waals surface area contributed by atoms with Crippen molar-refractivity contribution in [2.45, 2.75) is 37.1 Å². The minimum absolute atomic E-state index is 0.0660. The van der Waals surface area contributed by atoms with E-state index in [9.17, 15) is 0 Å². The first-order valence-corrected chi connectivity index (χ1v) is 9.07. The molecule has 2 saturated heterocycles. The van der Waals surface area contributed by atoms with Gasteiger partial charge in [0.05, 0.1) is 25.5 Å². The Bertz CT molecular complexity index is 719. The molecule has 7 heteroatoms. The Hall–Kier alpha value is -1.96. The molecule has 132 valence electrons. The summed E-state index contributed by atoms with van der Waals surface area (Å²) in [6, 6.07) is 6.07. The molecule has 0 spiro atoms. The van der Waals surface area contributed by atoms with E-state index < -0.39 is 0 Å². The summed E-state index contributed by atoms with van der Waals surface area (Å²) < 4.78 is 17.5. The zero-order valence-corrected chi connectivity index (χ0v) is 14.0. The van der Waals surface area contributed by atoms with E-state index in [1.807, 2.05) is 18.2 Å². The third-order valence-electron chi connectivity index (χ3n) is 5.30. The lowest BCUT2D eigenvalue weighted by Crippen LogP contribution is -2.93. The molecule has 4 atom stereocenters. The van der Waals surface area contributed by atoms with Crippen LogP contribution in [0.25, 0.3) is 11.5 Å². The molecule has 1 saturated carbocycles. The van der Waals surface area contributed by atoms with Gasteiger partial charge in [0, 0.05) is 12.1 Å². The molecule has 7 nitrogen and oxygen atoms in total. The highest BCUT2D eigenvalue weighted by molar-refractivity contribution is 5.53. The van der Waals surface area contributed by atoms with Crippen LogP contribution in [0.2, 0.25) is 0 Å². The van der Waals surface area contributed by atoms with Gasteiger partial charge < -0.3 is 24.5 Å². The Morgan fingerprint density at radius 3 is 2.92 bits per heavy atom. The van der Waals surface area contributed by atoms with E-state index in [-0.39, 0.29) is 18.2 Å². The highest BCUT2D eigenvalue weighted by Crippen LogP contribution is 2.29. The van der Waals surface area contributed by atoms with Crippen molar-refractivity contribution in [1.82, 2.24) is 9.97 Å².